The average molecular weight is 206 g/mol. The molecule has 0 spiro atoms. The molecule has 0 fully saturated rings. The number of benzene rings is 1. The first-order valence-electron chi connectivity index (χ1n) is 5.40. The maximum Gasteiger partial charge on any atom is 0.0576 e. The zero-order valence-electron chi connectivity index (χ0n) is 10.4. The fourth-order valence-electron chi connectivity index (χ4n) is 1.35. The van der Waals surface area contributed by atoms with Crippen LogP contribution >= 0.6 is 0 Å². The normalized spacial score (nSPS) is 11.5. The molecule has 1 rings (SSSR count). The molecule has 0 atom stereocenters. The molecule has 2 nitrogen and oxygen atoms in total. The molecule has 15 heavy (non-hydrogen) atoms. The number of nitrogen functional groups attached to an aromatic ring is 1. The minimum Gasteiger partial charge on any atom is -0.397 e. The molecule has 0 bridgehead atoms. The van der Waals surface area contributed by atoms with Gasteiger partial charge in [-0.25, -0.2) is 0 Å². The lowest BCUT2D eigenvalue weighted by Gasteiger charge is -2.21. The van der Waals surface area contributed by atoms with Crippen molar-refractivity contribution in [3.05, 3.63) is 23.3 Å². The van der Waals surface area contributed by atoms with E-state index in [4.69, 9.17) is 5.73 Å². The molecule has 0 aliphatic rings. The van der Waals surface area contributed by atoms with Crippen molar-refractivity contribution in [1.82, 2.24) is 0 Å². The highest BCUT2D eigenvalue weighted by atomic mass is 14.9. The molecule has 84 valence electrons. The molecule has 3 N–H and O–H groups in total. The summed E-state index contributed by atoms with van der Waals surface area (Å²) in [6.07, 6.45) is 0. The predicted octanol–water partition coefficient (Wildman–Crippen LogP) is 3.34. The van der Waals surface area contributed by atoms with Gasteiger partial charge < -0.3 is 11.1 Å². The number of nitrogens with one attached hydrogen (secondary N) is 1. The molecule has 1 aromatic carbocycles. The smallest absolute Gasteiger partial charge is 0.0576 e. The Hall–Kier alpha value is -1.18. The number of aryl methyl sites for hydroxylation is 2. The maximum absolute atomic E-state index is 5.96. The molecular weight excluding hydrogens is 184 g/mol. The molecule has 0 unspecified atom stereocenters. The van der Waals surface area contributed by atoms with Gasteiger partial charge in [-0.1, -0.05) is 20.8 Å². The van der Waals surface area contributed by atoms with Crippen LogP contribution in [0.4, 0.5) is 11.4 Å². The molecule has 2 heteroatoms. The Morgan fingerprint density at radius 1 is 1.13 bits per heavy atom. The van der Waals surface area contributed by atoms with E-state index in [1.807, 2.05) is 6.07 Å². The molecule has 0 amide bonds. The number of hydrogen-bond donors (Lipinski definition) is 2. The number of rotatable bonds is 2. The van der Waals surface area contributed by atoms with Crippen LogP contribution < -0.4 is 11.1 Å². The summed E-state index contributed by atoms with van der Waals surface area (Å²) in [6, 6.07) is 4.15. The van der Waals surface area contributed by atoms with Crippen molar-refractivity contribution >= 4 is 11.4 Å². The van der Waals surface area contributed by atoms with Gasteiger partial charge in [0.1, 0.15) is 0 Å². The van der Waals surface area contributed by atoms with E-state index in [0.29, 0.717) is 0 Å². The van der Waals surface area contributed by atoms with Crippen LogP contribution in [0.3, 0.4) is 0 Å². The Morgan fingerprint density at radius 3 is 2.20 bits per heavy atom. The summed E-state index contributed by atoms with van der Waals surface area (Å²) in [5.74, 6) is 0. The van der Waals surface area contributed by atoms with Crippen LogP contribution in [-0.4, -0.2) is 6.54 Å². The summed E-state index contributed by atoms with van der Waals surface area (Å²) < 4.78 is 0. The van der Waals surface area contributed by atoms with Gasteiger partial charge in [-0.2, -0.15) is 0 Å². The van der Waals surface area contributed by atoms with Gasteiger partial charge in [0.15, 0.2) is 0 Å². The molecule has 0 aliphatic heterocycles. The number of nitrogens with two attached hydrogens (primary N) is 1. The van der Waals surface area contributed by atoms with Crippen LogP contribution in [0.2, 0.25) is 0 Å². The minimum atomic E-state index is 0.269. The third-order valence-corrected chi connectivity index (χ3v) is 2.48. The minimum absolute atomic E-state index is 0.269. The monoisotopic (exact) mass is 206 g/mol. The third-order valence-electron chi connectivity index (χ3n) is 2.48. The standard InChI is InChI=1S/C13H22N2/c1-9-6-11(14)12(7-10(9)2)15-8-13(3,4)5/h6-7,15H,8,14H2,1-5H3. The van der Waals surface area contributed by atoms with Crippen molar-refractivity contribution in [3.63, 3.8) is 0 Å². The zero-order chi connectivity index (χ0) is 11.6. The summed E-state index contributed by atoms with van der Waals surface area (Å²) in [6.45, 7) is 11.7. The Kier molecular flexibility index (Phi) is 3.28. The summed E-state index contributed by atoms with van der Waals surface area (Å²) >= 11 is 0. The first-order chi connectivity index (χ1) is 6.79. The van der Waals surface area contributed by atoms with E-state index >= 15 is 0 Å². The Labute approximate surface area is 92.9 Å². The van der Waals surface area contributed by atoms with E-state index in [2.05, 4.69) is 46.0 Å². The van der Waals surface area contributed by atoms with Gasteiger partial charge in [0.2, 0.25) is 0 Å². The van der Waals surface area contributed by atoms with Crippen LogP contribution in [-0.2, 0) is 0 Å². The van der Waals surface area contributed by atoms with Crippen LogP contribution in [0, 0.1) is 19.3 Å². The van der Waals surface area contributed by atoms with E-state index in [9.17, 15) is 0 Å². The molecule has 1 aromatic rings. The SMILES string of the molecule is Cc1cc(N)c(NCC(C)(C)C)cc1C. The van der Waals surface area contributed by atoms with Gasteiger partial charge in [0.05, 0.1) is 11.4 Å². The predicted molar refractivity (Wildman–Crippen MR) is 68.3 cm³/mol. The van der Waals surface area contributed by atoms with Crippen LogP contribution in [0.15, 0.2) is 12.1 Å². The van der Waals surface area contributed by atoms with Crippen LogP contribution in [0.25, 0.3) is 0 Å². The highest BCUT2D eigenvalue weighted by Crippen LogP contribution is 2.24. The van der Waals surface area contributed by atoms with Crippen molar-refractivity contribution < 1.29 is 0 Å². The fraction of sp³-hybridized carbons (Fsp3) is 0.538. The molecule has 0 aromatic heterocycles. The van der Waals surface area contributed by atoms with E-state index in [1.54, 1.807) is 0 Å². The largest absolute Gasteiger partial charge is 0.397 e. The van der Waals surface area contributed by atoms with E-state index < -0.39 is 0 Å². The van der Waals surface area contributed by atoms with Gasteiger partial charge in [0.25, 0.3) is 0 Å². The lowest BCUT2D eigenvalue weighted by Crippen LogP contribution is -2.19. The Morgan fingerprint density at radius 2 is 1.67 bits per heavy atom. The second kappa shape index (κ2) is 4.13. The van der Waals surface area contributed by atoms with Crippen LogP contribution in [0.5, 0.6) is 0 Å². The van der Waals surface area contributed by atoms with E-state index in [1.165, 1.54) is 11.1 Å². The lowest BCUT2D eigenvalue weighted by atomic mass is 9.96. The molecule has 0 saturated carbocycles. The second-order valence-electron chi connectivity index (χ2n) is 5.44. The van der Waals surface area contributed by atoms with Crippen molar-refractivity contribution in [2.45, 2.75) is 34.6 Å². The van der Waals surface area contributed by atoms with Crippen molar-refractivity contribution in [3.8, 4) is 0 Å². The number of hydrogen-bond acceptors (Lipinski definition) is 2. The number of anilines is 2. The van der Waals surface area contributed by atoms with Gasteiger partial charge in [-0.05, 0) is 42.5 Å². The topological polar surface area (TPSA) is 38.0 Å². The zero-order valence-corrected chi connectivity index (χ0v) is 10.4. The molecule has 0 radical (unpaired) electrons. The molecule has 0 aliphatic carbocycles. The summed E-state index contributed by atoms with van der Waals surface area (Å²) in [5, 5.41) is 3.40. The Balaban J connectivity index is 2.82. The third kappa shape index (κ3) is 3.46. The van der Waals surface area contributed by atoms with E-state index in [0.717, 1.165) is 17.9 Å². The molecular formula is C13H22N2. The van der Waals surface area contributed by atoms with Gasteiger partial charge in [0, 0.05) is 6.54 Å². The summed E-state index contributed by atoms with van der Waals surface area (Å²) in [4.78, 5) is 0. The lowest BCUT2D eigenvalue weighted by molar-refractivity contribution is 0.443. The second-order valence-corrected chi connectivity index (χ2v) is 5.44. The molecule has 0 heterocycles. The highest BCUT2D eigenvalue weighted by molar-refractivity contribution is 5.68. The first-order valence-corrected chi connectivity index (χ1v) is 5.40. The first kappa shape index (κ1) is 11.9. The van der Waals surface area contributed by atoms with Crippen molar-refractivity contribution in [1.29, 1.82) is 0 Å². The maximum atomic E-state index is 5.96. The van der Waals surface area contributed by atoms with Gasteiger partial charge >= 0.3 is 0 Å². The van der Waals surface area contributed by atoms with Crippen LogP contribution in [0.1, 0.15) is 31.9 Å². The summed E-state index contributed by atoms with van der Waals surface area (Å²) in [5.41, 5.74) is 10.6. The highest BCUT2D eigenvalue weighted by Gasteiger charge is 2.10. The van der Waals surface area contributed by atoms with Gasteiger partial charge in [-0.3, -0.25) is 0 Å². The van der Waals surface area contributed by atoms with Gasteiger partial charge in [-0.15, -0.1) is 0 Å². The van der Waals surface area contributed by atoms with Crippen molar-refractivity contribution in [2.24, 2.45) is 5.41 Å². The Bertz CT molecular complexity index is 348. The van der Waals surface area contributed by atoms with Crippen molar-refractivity contribution in [2.75, 3.05) is 17.6 Å². The average Bonchev–Trinajstić information content (AvgIpc) is 2.07. The van der Waals surface area contributed by atoms with E-state index in [-0.39, 0.29) is 5.41 Å². The summed E-state index contributed by atoms with van der Waals surface area (Å²) in [7, 11) is 0. The fourth-order valence-corrected chi connectivity index (χ4v) is 1.35. The quantitative estimate of drug-likeness (QED) is 0.728. The molecule has 0 saturated heterocycles.